The van der Waals surface area contributed by atoms with E-state index >= 15 is 0 Å². The molecule has 554 valence electrons. The summed E-state index contributed by atoms with van der Waals surface area (Å²) in [5.41, 5.74) is 21.2. The fourth-order valence-corrected chi connectivity index (χ4v) is 15.6. The van der Waals surface area contributed by atoms with E-state index in [1.165, 1.54) is 28.8 Å². The molecule has 10 amide bonds. The summed E-state index contributed by atoms with van der Waals surface area (Å²) in [4.78, 5) is 147. The lowest BCUT2D eigenvalue weighted by molar-refractivity contribution is -0.142. The number of thioether (sulfide) groups is 2. The third-order valence-corrected chi connectivity index (χ3v) is 21.7. The number of ether oxygens (including phenoxy) is 1. The number of nitrogens with zero attached hydrogens (tertiary/aromatic N) is 2. The van der Waals surface area contributed by atoms with E-state index in [1.807, 2.05) is 67.6 Å². The number of hydrogen-bond donors (Lipinski definition) is 11. The van der Waals surface area contributed by atoms with E-state index in [0.717, 1.165) is 48.8 Å². The second-order valence-electron chi connectivity index (χ2n) is 26.1. The van der Waals surface area contributed by atoms with Crippen molar-refractivity contribution in [3.8, 4) is 5.75 Å². The fourth-order valence-electron chi connectivity index (χ4n) is 12.1. The van der Waals surface area contributed by atoms with Crippen molar-refractivity contribution in [2.24, 2.45) is 28.1 Å². The van der Waals surface area contributed by atoms with Crippen LogP contribution in [-0.4, -0.2) is 157 Å². The molecule has 7 atom stereocenters. The standard InChI is InChI=1S/C74H97N13O13S3/c1-5-100-54-32-30-51(31-33-54)41-57(80-64(90)43-74(36-16-9-17-37-74)102-46-53-24-14-8-15-25-53)67(92)82-58(40-50-20-10-6-11-21-50)69(94)85-65(48(2)3)71(96)83-59(42-62(75)88)68(93)84-60(47-101-45-52-22-12-7-13-23-52)72(97)87-39-19-27-61(87)70(95)81-56(66(91)79-44-63(76)89)26-18-38-78-73(77)86-103(98,99)55-34-28-49(4)29-35-55/h6-8,10-15,20-25,28-35,48,56-61,65H,5,9,16-19,26-27,36-47H2,1-4H3,(H2,75,88)(H2,76,89)(H,79,91)(H,80,90)(H,81,95)(H,82,92)(H,83,96)(H,84,93)(H,85,94)(H3,77,78,86)/t56-,57+,58-,59-,60+,61-,65-/m0/s1. The maximum absolute atomic E-state index is 15.0. The van der Waals surface area contributed by atoms with Crippen LogP contribution in [0.15, 0.2) is 149 Å². The van der Waals surface area contributed by atoms with Crippen LogP contribution >= 0.6 is 23.5 Å². The van der Waals surface area contributed by atoms with Crippen LogP contribution in [0.3, 0.4) is 0 Å². The van der Waals surface area contributed by atoms with Gasteiger partial charge in [0.05, 0.1) is 24.5 Å². The van der Waals surface area contributed by atoms with Gasteiger partial charge in [0.2, 0.25) is 65.0 Å². The highest BCUT2D eigenvalue weighted by Gasteiger charge is 2.42. The molecule has 5 aromatic carbocycles. The van der Waals surface area contributed by atoms with Gasteiger partial charge < -0.3 is 64.1 Å². The van der Waals surface area contributed by atoms with Crippen molar-refractivity contribution < 1.29 is 61.1 Å². The number of rotatable bonds is 39. The summed E-state index contributed by atoms with van der Waals surface area (Å²) in [5, 5.41) is 19.1. The molecular formula is C74H97N13O13S3. The molecule has 29 heteroatoms. The monoisotopic (exact) mass is 1470 g/mol. The average molecular weight is 1470 g/mol. The molecule has 2 fully saturated rings. The van der Waals surface area contributed by atoms with E-state index in [-0.39, 0.29) is 72.9 Å². The van der Waals surface area contributed by atoms with Crippen molar-refractivity contribution in [1.29, 1.82) is 0 Å². The molecule has 103 heavy (non-hydrogen) atoms. The Labute approximate surface area is 611 Å². The lowest BCUT2D eigenvalue weighted by atomic mass is 9.85. The summed E-state index contributed by atoms with van der Waals surface area (Å²) in [7, 11) is -4.08. The Balaban J connectivity index is 1.07. The van der Waals surface area contributed by atoms with Crippen LogP contribution in [0.1, 0.15) is 119 Å². The van der Waals surface area contributed by atoms with Crippen LogP contribution < -0.4 is 63.9 Å². The fraction of sp³-hybridized carbons (Fsp3) is 0.446. The van der Waals surface area contributed by atoms with E-state index in [4.69, 9.17) is 21.9 Å². The number of aliphatic imine (C=N–C) groups is 1. The Bertz CT molecular complexity index is 3820. The van der Waals surface area contributed by atoms with E-state index in [0.29, 0.717) is 41.4 Å². The number of aryl methyl sites for hydroxylation is 1. The number of primary amides is 2. The van der Waals surface area contributed by atoms with Gasteiger partial charge in [-0.25, -0.2) is 13.1 Å². The Morgan fingerprint density at radius 2 is 1.17 bits per heavy atom. The van der Waals surface area contributed by atoms with Crippen LogP contribution in [0.5, 0.6) is 5.75 Å². The van der Waals surface area contributed by atoms with Crippen LogP contribution in [-0.2, 0) is 82.3 Å². The van der Waals surface area contributed by atoms with Gasteiger partial charge in [-0.3, -0.25) is 52.9 Å². The van der Waals surface area contributed by atoms with Gasteiger partial charge in [0, 0.05) is 54.4 Å². The minimum Gasteiger partial charge on any atom is -0.494 e. The maximum atomic E-state index is 15.0. The highest BCUT2D eigenvalue weighted by atomic mass is 32.2. The summed E-state index contributed by atoms with van der Waals surface area (Å²) in [6.07, 6.45) is 4.42. The zero-order valence-corrected chi connectivity index (χ0v) is 61.1. The van der Waals surface area contributed by atoms with Crippen molar-refractivity contribution >= 4 is 98.6 Å². The second-order valence-corrected chi connectivity index (χ2v) is 30.3. The summed E-state index contributed by atoms with van der Waals surface area (Å²) in [6.45, 7) is 6.74. The molecule has 0 spiro atoms. The first-order valence-corrected chi connectivity index (χ1v) is 38.3. The number of sulfonamides is 1. The number of benzene rings is 5. The predicted octanol–water partition coefficient (Wildman–Crippen LogP) is 4.24. The maximum Gasteiger partial charge on any atom is 0.264 e. The molecule has 0 aromatic heterocycles. The van der Waals surface area contributed by atoms with Crippen LogP contribution in [0.25, 0.3) is 0 Å². The lowest BCUT2D eigenvalue weighted by Gasteiger charge is -2.37. The van der Waals surface area contributed by atoms with Gasteiger partial charge in [0.25, 0.3) is 10.0 Å². The Morgan fingerprint density at radius 1 is 0.612 bits per heavy atom. The van der Waals surface area contributed by atoms with Gasteiger partial charge in [0.15, 0.2) is 0 Å². The SMILES string of the molecule is CCOc1ccc(C[C@@H](NC(=O)CC2(SCc3ccccc3)CCCCC2)C(=O)N[C@@H](Cc2ccccc2)C(=O)N[C@H](C(=O)N[C@@H](CC(N)=O)C(=O)N[C@H](CSCc2ccccc2)C(=O)N2CCC[C@H]2C(=O)N[C@@H](CCCN=C(N)NS(=O)(=O)c2ccc(C)cc2)C(=O)NCC(N)=O)C(C)C)cc1. The molecule has 1 saturated heterocycles. The van der Waals surface area contributed by atoms with Crippen molar-refractivity contribution in [2.45, 2.75) is 175 Å². The zero-order valence-electron chi connectivity index (χ0n) is 58.7. The number of hydrogen-bond acceptors (Lipinski definition) is 16. The highest BCUT2D eigenvalue weighted by Crippen LogP contribution is 2.44. The molecule has 1 heterocycles. The number of carbonyl (C=O) groups is 10. The molecule has 7 rings (SSSR count). The molecule has 1 aliphatic carbocycles. The van der Waals surface area contributed by atoms with Gasteiger partial charge in [-0.1, -0.05) is 154 Å². The summed E-state index contributed by atoms with van der Waals surface area (Å²) in [5.74, 6) is -7.32. The number of carbonyl (C=O) groups excluding carboxylic acids is 10. The van der Waals surface area contributed by atoms with Crippen LogP contribution in [0.4, 0.5) is 0 Å². The minimum absolute atomic E-state index is 0.0358. The number of likely N-dealkylation sites (tertiary alicyclic amines) is 1. The first kappa shape index (κ1) is 80.8. The highest BCUT2D eigenvalue weighted by molar-refractivity contribution is 8.00. The molecule has 0 unspecified atom stereocenters. The lowest BCUT2D eigenvalue weighted by Crippen LogP contribution is -2.61. The topological polar surface area (TPSA) is 404 Å². The van der Waals surface area contributed by atoms with E-state index in [2.05, 4.69) is 59.1 Å². The van der Waals surface area contributed by atoms with Gasteiger partial charge >= 0.3 is 0 Å². The van der Waals surface area contributed by atoms with E-state index in [1.54, 1.807) is 87.1 Å². The first-order valence-electron chi connectivity index (χ1n) is 34.7. The Morgan fingerprint density at radius 3 is 1.78 bits per heavy atom. The van der Waals surface area contributed by atoms with Gasteiger partial charge in [-0.05, 0) is 105 Å². The molecule has 1 aliphatic heterocycles. The predicted molar refractivity (Wildman–Crippen MR) is 397 cm³/mol. The number of amides is 10. The van der Waals surface area contributed by atoms with Gasteiger partial charge in [-0.15, -0.1) is 11.8 Å². The second kappa shape index (κ2) is 40.4. The van der Waals surface area contributed by atoms with E-state index < -0.39 is 130 Å². The summed E-state index contributed by atoms with van der Waals surface area (Å²) in [6, 6.07) is 31.9. The minimum atomic E-state index is -4.08. The number of nitrogens with one attached hydrogen (secondary N) is 8. The molecule has 0 radical (unpaired) electrons. The van der Waals surface area contributed by atoms with Crippen molar-refractivity contribution in [3.05, 3.63) is 167 Å². The average Bonchev–Trinajstić information content (AvgIpc) is 1.82. The zero-order chi connectivity index (χ0) is 74.5. The molecular weight excluding hydrogens is 1380 g/mol. The number of nitrogens with two attached hydrogens (primary N) is 3. The Hall–Kier alpha value is -9.48. The molecule has 2 aliphatic rings. The van der Waals surface area contributed by atoms with Crippen LogP contribution in [0.2, 0.25) is 0 Å². The first-order chi connectivity index (χ1) is 49.3. The van der Waals surface area contributed by atoms with Crippen molar-refractivity contribution in [2.75, 3.05) is 32.0 Å². The Kier molecular flexibility index (Phi) is 31.7. The molecule has 14 N–H and O–H groups in total. The molecule has 0 bridgehead atoms. The molecule has 26 nitrogen and oxygen atoms in total. The van der Waals surface area contributed by atoms with E-state index in [9.17, 15) is 56.4 Å². The smallest absolute Gasteiger partial charge is 0.264 e. The van der Waals surface area contributed by atoms with Gasteiger partial charge in [-0.2, -0.15) is 11.8 Å². The quantitative estimate of drug-likeness (QED) is 0.0149. The third-order valence-electron chi connectivity index (χ3n) is 17.6. The largest absolute Gasteiger partial charge is 0.494 e. The third kappa shape index (κ3) is 26.4. The summed E-state index contributed by atoms with van der Waals surface area (Å²) >= 11 is 3.03. The van der Waals surface area contributed by atoms with Crippen molar-refractivity contribution in [1.82, 2.24) is 46.8 Å². The normalized spacial score (nSPS) is 16.1. The van der Waals surface area contributed by atoms with Crippen molar-refractivity contribution in [3.63, 3.8) is 0 Å². The van der Waals surface area contributed by atoms with Gasteiger partial charge in [0.1, 0.15) is 48.0 Å². The molecule has 1 saturated carbocycles. The number of guanidine groups is 1. The van der Waals surface area contributed by atoms with Crippen LogP contribution in [0, 0.1) is 12.8 Å². The summed E-state index contributed by atoms with van der Waals surface area (Å²) < 4.78 is 33.4. The molecule has 5 aromatic rings.